The molecule has 1 atom stereocenters. The van der Waals surface area contributed by atoms with Crippen LogP contribution in [-0.2, 0) is 0 Å². The summed E-state index contributed by atoms with van der Waals surface area (Å²) in [6.07, 6.45) is 5.62. The Balaban J connectivity index is 2.76. The molecule has 0 aromatic heterocycles. The average molecular weight is 272 g/mol. The molecule has 1 nitrogen and oxygen atoms in total. The van der Waals surface area contributed by atoms with Crippen LogP contribution in [0.25, 0.3) is 0 Å². The Bertz CT molecular complexity index is 354. The minimum absolute atomic E-state index is 0.166. The van der Waals surface area contributed by atoms with Crippen LogP contribution in [0.4, 0.5) is 4.39 Å². The molecule has 1 aromatic rings. The van der Waals surface area contributed by atoms with Crippen molar-refractivity contribution >= 4 is 11.6 Å². The Morgan fingerprint density at radius 2 is 2.00 bits per heavy atom. The summed E-state index contributed by atoms with van der Waals surface area (Å²) in [4.78, 5) is 0. The summed E-state index contributed by atoms with van der Waals surface area (Å²) in [5, 5.41) is 3.73. The highest BCUT2D eigenvalue weighted by molar-refractivity contribution is 6.31. The molecular formula is C15H23ClFN. The first-order valence-corrected chi connectivity index (χ1v) is 7.25. The second kappa shape index (κ2) is 8.49. The van der Waals surface area contributed by atoms with E-state index in [0.717, 1.165) is 31.4 Å². The Morgan fingerprint density at radius 1 is 1.22 bits per heavy atom. The lowest BCUT2D eigenvalue weighted by Crippen LogP contribution is -2.22. The van der Waals surface area contributed by atoms with Crippen LogP contribution in [0.5, 0.6) is 0 Å². The van der Waals surface area contributed by atoms with Gasteiger partial charge in [0.25, 0.3) is 0 Å². The SMILES string of the molecule is CCCCCC(NCCC)c1cccc(F)c1Cl. The lowest BCUT2D eigenvalue weighted by Gasteiger charge is -2.20. The van der Waals surface area contributed by atoms with E-state index in [2.05, 4.69) is 19.2 Å². The molecule has 1 rings (SSSR count). The molecule has 0 aliphatic rings. The summed E-state index contributed by atoms with van der Waals surface area (Å²) >= 11 is 6.06. The maximum Gasteiger partial charge on any atom is 0.142 e. The maximum absolute atomic E-state index is 13.5. The maximum atomic E-state index is 13.5. The Morgan fingerprint density at radius 3 is 2.67 bits per heavy atom. The molecule has 1 N–H and O–H groups in total. The number of halogens is 2. The summed E-state index contributed by atoms with van der Waals surface area (Å²) in [5.74, 6) is -0.326. The number of hydrogen-bond acceptors (Lipinski definition) is 1. The van der Waals surface area contributed by atoms with Gasteiger partial charge in [-0.3, -0.25) is 0 Å². The quantitative estimate of drug-likeness (QED) is 0.649. The molecule has 102 valence electrons. The van der Waals surface area contributed by atoms with Crippen molar-refractivity contribution in [3.05, 3.63) is 34.6 Å². The van der Waals surface area contributed by atoms with E-state index in [9.17, 15) is 4.39 Å². The fourth-order valence-corrected chi connectivity index (χ4v) is 2.33. The zero-order valence-corrected chi connectivity index (χ0v) is 12.1. The fraction of sp³-hybridized carbons (Fsp3) is 0.600. The Hall–Kier alpha value is -0.600. The smallest absolute Gasteiger partial charge is 0.142 e. The van der Waals surface area contributed by atoms with Gasteiger partial charge in [-0.1, -0.05) is 56.8 Å². The van der Waals surface area contributed by atoms with Crippen molar-refractivity contribution in [2.45, 2.75) is 52.0 Å². The van der Waals surface area contributed by atoms with Crippen molar-refractivity contribution in [3.63, 3.8) is 0 Å². The monoisotopic (exact) mass is 271 g/mol. The first-order chi connectivity index (χ1) is 8.70. The Kier molecular flexibility index (Phi) is 7.29. The van der Waals surface area contributed by atoms with E-state index < -0.39 is 0 Å². The van der Waals surface area contributed by atoms with Gasteiger partial charge in [0.15, 0.2) is 0 Å². The van der Waals surface area contributed by atoms with Crippen LogP contribution in [-0.4, -0.2) is 6.54 Å². The second-order valence-electron chi connectivity index (χ2n) is 4.65. The molecule has 0 bridgehead atoms. The van der Waals surface area contributed by atoms with E-state index in [-0.39, 0.29) is 16.9 Å². The molecule has 3 heteroatoms. The average Bonchev–Trinajstić information content (AvgIpc) is 2.37. The van der Waals surface area contributed by atoms with Crippen molar-refractivity contribution < 1.29 is 4.39 Å². The van der Waals surface area contributed by atoms with Gasteiger partial charge in [-0.2, -0.15) is 0 Å². The lowest BCUT2D eigenvalue weighted by molar-refractivity contribution is 0.472. The van der Waals surface area contributed by atoms with Gasteiger partial charge < -0.3 is 5.32 Å². The van der Waals surface area contributed by atoms with E-state index in [1.165, 1.54) is 18.9 Å². The molecule has 1 unspecified atom stereocenters. The third-order valence-electron chi connectivity index (χ3n) is 3.09. The van der Waals surface area contributed by atoms with Crippen LogP contribution in [0.15, 0.2) is 18.2 Å². The van der Waals surface area contributed by atoms with Crippen LogP contribution in [0.3, 0.4) is 0 Å². The number of nitrogens with one attached hydrogen (secondary N) is 1. The number of benzene rings is 1. The van der Waals surface area contributed by atoms with Gasteiger partial charge in [-0.15, -0.1) is 0 Å². The van der Waals surface area contributed by atoms with Crippen LogP contribution < -0.4 is 5.32 Å². The minimum Gasteiger partial charge on any atom is -0.310 e. The van der Waals surface area contributed by atoms with Gasteiger partial charge in [0, 0.05) is 6.04 Å². The Labute approximate surface area is 115 Å². The number of hydrogen-bond donors (Lipinski definition) is 1. The summed E-state index contributed by atoms with van der Waals surface area (Å²) in [6, 6.07) is 5.23. The fourth-order valence-electron chi connectivity index (χ4n) is 2.07. The van der Waals surface area contributed by atoms with Crippen molar-refractivity contribution in [1.29, 1.82) is 0 Å². The second-order valence-corrected chi connectivity index (χ2v) is 5.02. The van der Waals surface area contributed by atoms with Gasteiger partial charge >= 0.3 is 0 Å². The van der Waals surface area contributed by atoms with Crippen LogP contribution in [0.1, 0.15) is 57.6 Å². The zero-order valence-electron chi connectivity index (χ0n) is 11.3. The molecule has 0 spiro atoms. The topological polar surface area (TPSA) is 12.0 Å². The first kappa shape index (κ1) is 15.5. The van der Waals surface area contributed by atoms with Crippen LogP contribution >= 0.6 is 11.6 Å². The number of unbranched alkanes of at least 4 members (excludes halogenated alkanes) is 2. The molecule has 0 radical (unpaired) electrons. The van der Waals surface area contributed by atoms with E-state index in [1.807, 2.05) is 6.07 Å². The highest BCUT2D eigenvalue weighted by atomic mass is 35.5. The predicted octanol–water partition coefficient (Wildman–Crippen LogP) is 5.10. The van der Waals surface area contributed by atoms with E-state index in [4.69, 9.17) is 11.6 Å². The van der Waals surface area contributed by atoms with Gasteiger partial charge in [0.2, 0.25) is 0 Å². The van der Waals surface area contributed by atoms with Crippen molar-refractivity contribution in [2.75, 3.05) is 6.54 Å². The van der Waals surface area contributed by atoms with Gasteiger partial charge in [-0.05, 0) is 31.0 Å². The van der Waals surface area contributed by atoms with Gasteiger partial charge in [0.05, 0.1) is 5.02 Å². The third kappa shape index (κ3) is 4.58. The largest absolute Gasteiger partial charge is 0.310 e. The van der Waals surface area contributed by atoms with Crippen LogP contribution in [0.2, 0.25) is 5.02 Å². The minimum atomic E-state index is -0.326. The third-order valence-corrected chi connectivity index (χ3v) is 3.49. The van der Waals surface area contributed by atoms with Crippen molar-refractivity contribution in [1.82, 2.24) is 5.32 Å². The van der Waals surface area contributed by atoms with Gasteiger partial charge in [0.1, 0.15) is 5.82 Å². The first-order valence-electron chi connectivity index (χ1n) is 6.88. The molecular weight excluding hydrogens is 249 g/mol. The summed E-state index contributed by atoms with van der Waals surface area (Å²) < 4.78 is 13.5. The molecule has 0 amide bonds. The molecule has 1 aromatic carbocycles. The van der Waals surface area contributed by atoms with E-state index in [0.29, 0.717) is 0 Å². The zero-order chi connectivity index (χ0) is 13.4. The molecule has 0 aliphatic heterocycles. The van der Waals surface area contributed by atoms with Crippen LogP contribution in [0, 0.1) is 5.82 Å². The molecule has 18 heavy (non-hydrogen) atoms. The normalized spacial score (nSPS) is 12.7. The van der Waals surface area contributed by atoms with Crippen molar-refractivity contribution in [2.24, 2.45) is 0 Å². The summed E-state index contributed by atoms with van der Waals surface area (Å²) in [6.45, 7) is 5.25. The molecule has 0 fully saturated rings. The van der Waals surface area contributed by atoms with Crippen molar-refractivity contribution in [3.8, 4) is 0 Å². The molecule has 0 saturated carbocycles. The lowest BCUT2D eigenvalue weighted by atomic mass is 10.00. The van der Waals surface area contributed by atoms with E-state index >= 15 is 0 Å². The predicted molar refractivity (Wildman–Crippen MR) is 76.6 cm³/mol. The molecule has 0 heterocycles. The van der Waals surface area contributed by atoms with Gasteiger partial charge in [-0.25, -0.2) is 4.39 Å². The van der Waals surface area contributed by atoms with E-state index in [1.54, 1.807) is 6.07 Å². The molecule has 0 aliphatic carbocycles. The number of rotatable bonds is 8. The standard InChI is InChI=1S/C15H23ClFN/c1-3-5-6-10-14(18-11-4-2)12-8-7-9-13(17)15(12)16/h7-9,14,18H,3-6,10-11H2,1-2H3. The molecule has 0 saturated heterocycles. The summed E-state index contributed by atoms with van der Waals surface area (Å²) in [5.41, 5.74) is 0.890. The highest BCUT2D eigenvalue weighted by Gasteiger charge is 2.15. The summed E-state index contributed by atoms with van der Waals surface area (Å²) in [7, 11) is 0. The highest BCUT2D eigenvalue weighted by Crippen LogP contribution is 2.28.